The van der Waals surface area contributed by atoms with Gasteiger partial charge in [-0.15, -0.1) is 0 Å². The van der Waals surface area contributed by atoms with Crippen molar-refractivity contribution in [3.8, 4) is 0 Å². The molecule has 0 amide bonds. The van der Waals surface area contributed by atoms with Gasteiger partial charge in [-0.25, -0.2) is 0 Å². The van der Waals surface area contributed by atoms with Crippen molar-refractivity contribution in [1.82, 2.24) is 0 Å². The van der Waals surface area contributed by atoms with Gasteiger partial charge in [0, 0.05) is 9.79 Å². The first kappa shape index (κ1) is 26.8. The van der Waals surface area contributed by atoms with E-state index in [4.69, 9.17) is 0 Å². The van der Waals surface area contributed by atoms with Crippen LogP contribution in [0, 0.1) is 0 Å². The van der Waals surface area contributed by atoms with Gasteiger partial charge in [0.1, 0.15) is 0 Å². The van der Waals surface area contributed by atoms with Gasteiger partial charge in [0.05, 0.1) is 0 Å². The highest BCUT2D eigenvalue weighted by Crippen LogP contribution is 2.28. The Kier molecular flexibility index (Phi) is 10.5. The van der Waals surface area contributed by atoms with E-state index in [9.17, 15) is 0 Å². The highest BCUT2D eigenvalue weighted by atomic mass is 32.2. The number of hydrogen-bond acceptors (Lipinski definition) is 1. The van der Waals surface area contributed by atoms with Crippen molar-refractivity contribution >= 4 is 36.1 Å². The van der Waals surface area contributed by atoms with E-state index in [1.165, 1.54) is 81.7 Å². The minimum absolute atomic E-state index is 1.17. The van der Waals surface area contributed by atoms with Gasteiger partial charge in [0.25, 0.3) is 0 Å². The molecule has 0 N–H and O–H groups in total. The molecular weight excluding hydrogens is 464 g/mol. The van der Waals surface area contributed by atoms with E-state index in [0.29, 0.717) is 0 Å². The quantitative estimate of drug-likeness (QED) is 0.174. The van der Waals surface area contributed by atoms with E-state index in [2.05, 4.69) is 135 Å². The van der Waals surface area contributed by atoms with E-state index in [1.807, 2.05) is 0 Å². The van der Waals surface area contributed by atoms with Gasteiger partial charge in [-0.3, -0.25) is 0 Å². The molecule has 0 unspecified atom stereocenters. The van der Waals surface area contributed by atoms with Gasteiger partial charge in [-0.2, -0.15) is 0 Å². The lowest BCUT2D eigenvalue weighted by molar-refractivity contribution is 0.795. The van der Waals surface area contributed by atoms with Crippen LogP contribution >= 0.6 is 11.8 Å². The fraction of sp³-hybridized carbons (Fsp3) is 0.222. The molecule has 0 aliphatic rings. The average molecular weight is 503 g/mol. The van der Waals surface area contributed by atoms with Crippen molar-refractivity contribution in [3.63, 3.8) is 0 Å². The fourth-order valence-corrected chi connectivity index (χ4v) is 4.98. The molecule has 188 valence electrons. The summed E-state index contributed by atoms with van der Waals surface area (Å²) < 4.78 is 0. The Bertz CT molecular complexity index is 1160. The predicted molar refractivity (Wildman–Crippen MR) is 165 cm³/mol. The van der Waals surface area contributed by atoms with Crippen molar-refractivity contribution < 1.29 is 0 Å². The summed E-state index contributed by atoms with van der Waals surface area (Å²) in [6, 6.07) is 35.5. The molecule has 4 rings (SSSR count). The largest absolute Gasteiger partial charge is 0.0901 e. The van der Waals surface area contributed by atoms with E-state index in [-0.39, 0.29) is 0 Å². The lowest BCUT2D eigenvalue weighted by Gasteiger charge is -2.04. The van der Waals surface area contributed by atoms with Gasteiger partial charge < -0.3 is 0 Å². The summed E-state index contributed by atoms with van der Waals surface area (Å²) in [6.45, 7) is 4.48. The molecule has 0 atom stereocenters. The first-order valence-electron chi connectivity index (χ1n) is 13.6. The van der Waals surface area contributed by atoms with Crippen LogP contribution in [0.15, 0.2) is 107 Å². The van der Waals surface area contributed by atoms with Gasteiger partial charge in [-0.05, 0) is 83.3 Å². The summed E-state index contributed by atoms with van der Waals surface area (Å²) >= 11 is 1.80. The standard InChI is InChI=1S/C36H38S/c1-3-5-7-29-9-13-31(14-10-29)17-19-33-21-25-35(26-22-33)37-36-27-23-34(24-28-36)20-18-32-15-11-30(12-16-32)8-6-4-2/h9-28H,3-8H2,1-2H3/b19-17+,20-18+. The zero-order chi connectivity index (χ0) is 25.7. The summed E-state index contributed by atoms with van der Waals surface area (Å²) in [5, 5.41) is 0. The Balaban J connectivity index is 1.28. The maximum absolute atomic E-state index is 2.25. The second-order valence-corrected chi connectivity index (χ2v) is 10.7. The van der Waals surface area contributed by atoms with Crippen LogP contribution in [0.4, 0.5) is 0 Å². The minimum Gasteiger partial charge on any atom is -0.0901 e. The van der Waals surface area contributed by atoms with Crippen LogP contribution in [-0.4, -0.2) is 0 Å². The summed E-state index contributed by atoms with van der Waals surface area (Å²) in [5.41, 5.74) is 7.79. The molecular formula is C36H38S. The molecule has 0 aromatic heterocycles. The number of rotatable bonds is 12. The molecule has 0 fully saturated rings. The van der Waals surface area contributed by atoms with Gasteiger partial charge >= 0.3 is 0 Å². The van der Waals surface area contributed by atoms with E-state index >= 15 is 0 Å². The minimum atomic E-state index is 1.17. The molecule has 4 aromatic carbocycles. The van der Waals surface area contributed by atoms with Crippen LogP contribution in [0.3, 0.4) is 0 Å². The Labute approximate surface area is 228 Å². The summed E-state index contributed by atoms with van der Waals surface area (Å²) in [7, 11) is 0. The second-order valence-electron chi connectivity index (χ2n) is 9.60. The topological polar surface area (TPSA) is 0 Å². The molecule has 37 heavy (non-hydrogen) atoms. The molecule has 0 heterocycles. The SMILES string of the molecule is CCCCc1ccc(/C=C/c2ccc(Sc3ccc(/C=C/c4ccc(CCCC)cc4)cc3)cc2)cc1. The number of hydrogen-bond donors (Lipinski definition) is 0. The van der Waals surface area contributed by atoms with Crippen molar-refractivity contribution in [1.29, 1.82) is 0 Å². The van der Waals surface area contributed by atoms with Crippen LogP contribution in [-0.2, 0) is 12.8 Å². The number of benzene rings is 4. The van der Waals surface area contributed by atoms with Gasteiger partial charge in [0.2, 0.25) is 0 Å². The fourth-order valence-electron chi connectivity index (χ4n) is 4.17. The molecule has 0 nitrogen and oxygen atoms in total. The second kappa shape index (κ2) is 14.4. The van der Waals surface area contributed by atoms with Crippen LogP contribution in [0.5, 0.6) is 0 Å². The molecule has 0 saturated heterocycles. The third-order valence-electron chi connectivity index (χ3n) is 6.53. The van der Waals surface area contributed by atoms with Crippen molar-refractivity contribution in [2.75, 3.05) is 0 Å². The number of unbranched alkanes of at least 4 members (excludes halogenated alkanes) is 2. The van der Waals surface area contributed by atoms with Gasteiger partial charge in [0.15, 0.2) is 0 Å². The summed E-state index contributed by atoms with van der Waals surface area (Å²) in [5.74, 6) is 0. The first-order chi connectivity index (χ1) is 18.2. The Morgan fingerprint density at radius 2 is 0.730 bits per heavy atom. The molecule has 1 heteroatoms. The normalized spacial score (nSPS) is 11.5. The Morgan fingerprint density at radius 1 is 0.432 bits per heavy atom. The van der Waals surface area contributed by atoms with Crippen LogP contribution < -0.4 is 0 Å². The van der Waals surface area contributed by atoms with Crippen molar-refractivity contribution in [3.05, 3.63) is 130 Å². The zero-order valence-electron chi connectivity index (χ0n) is 22.2. The Hall–Kier alpha value is -3.29. The van der Waals surface area contributed by atoms with E-state index in [0.717, 1.165) is 0 Å². The third-order valence-corrected chi connectivity index (χ3v) is 7.55. The van der Waals surface area contributed by atoms with Gasteiger partial charge in [-0.1, -0.05) is 136 Å². The molecule has 0 bridgehead atoms. The maximum atomic E-state index is 2.25. The predicted octanol–water partition coefficient (Wildman–Crippen LogP) is 10.9. The van der Waals surface area contributed by atoms with Crippen molar-refractivity contribution in [2.24, 2.45) is 0 Å². The smallest absolute Gasteiger partial charge is 0.0122 e. The highest BCUT2D eigenvalue weighted by Gasteiger charge is 1.99. The number of aryl methyl sites for hydroxylation is 2. The third kappa shape index (κ3) is 8.95. The lowest BCUT2D eigenvalue weighted by Crippen LogP contribution is -1.84. The average Bonchev–Trinajstić information content (AvgIpc) is 2.95. The van der Waals surface area contributed by atoms with Crippen LogP contribution in [0.2, 0.25) is 0 Å². The Morgan fingerprint density at radius 3 is 1.03 bits per heavy atom. The first-order valence-corrected chi connectivity index (χ1v) is 14.5. The van der Waals surface area contributed by atoms with E-state index < -0.39 is 0 Å². The highest BCUT2D eigenvalue weighted by molar-refractivity contribution is 7.99. The maximum Gasteiger partial charge on any atom is 0.0122 e. The molecule has 0 aliphatic heterocycles. The summed E-state index contributed by atoms with van der Waals surface area (Å²) in [6.07, 6.45) is 16.1. The molecule has 0 aliphatic carbocycles. The van der Waals surface area contributed by atoms with Crippen LogP contribution in [0.25, 0.3) is 24.3 Å². The summed E-state index contributed by atoms with van der Waals surface area (Å²) in [4.78, 5) is 2.51. The molecule has 0 saturated carbocycles. The zero-order valence-corrected chi connectivity index (χ0v) is 23.0. The molecule has 0 radical (unpaired) electrons. The molecule has 0 spiro atoms. The monoisotopic (exact) mass is 502 g/mol. The van der Waals surface area contributed by atoms with E-state index in [1.54, 1.807) is 11.8 Å². The van der Waals surface area contributed by atoms with Crippen LogP contribution in [0.1, 0.15) is 72.9 Å². The van der Waals surface area contributed by atoms with Crippen molar-refractivity contribution in [2.45, 2.75) is 62.2 Å². The lowest BCUT2D eigenvalue weighted by atomic mass is 10.1. The molecule has 4 aromatic rings.